The first-order valence-electron chi connectivity index (χ1n) is 9.17. The highest BCUT2D eigenvalue weighted by atomic mass is 19.1. The molecular formula is C19H27FN2O2. The highest BCUT2D eigenvalue weighted by Gasteiger charge is 2.30. The summed E-state index contributed by atoms with van der Waals surface area (Å²) in [5.41, 5.74) is 0.00583. The number of rotatable bonds is 5. The Balaban J connectivity index is 1.52. The molecule has 2 fully saturated rings. The average molecular weight is 334 g/mol. The molecule has 1 heterocycles. The fraction of sp³-hybridized carbons (Fsp3) is 0.632. The molecule has 0 bridgehead atoms. The summed E-state index contributed by atoms with van der Waals surface area (Å²) in [6, 6.07) is 4.69. The number of phenolic OH excluding ortho intramolecular Hbond substituents is 1. The maximum absolute atomic E-state index is 13.2. The van der Waals surface area contributed by atoms with Gasteiger partial charge in [-0.05, 0) is 56.8 Å². The zero-order chi connectivity index (χ0) is 16.9. The lowest BCUT2D eigenvalue weighted by atomic mass is 9.96. The van der Waals surface area contributed by atoms with Crippen molar-refractivity contribution < 1.29 is 14.3 Å². The van der Waals surface area contributed by atoms with E-state index < -0.39 is 11.7 Å². The molecule has 24 heavy (non-hydrogen) atoms. The van der Waals surface area contributed by atoms with Gasteiger partial charge in [-0.2, -0.15) is 0 Å². The molecule has 1 saturated heterocycles. The predicted octanol–water partition coefficient (Wildman–Crippen LogP) is 3.45. The van der Waals surface area contributed by atoms with Crippen LogP contribution in [0, 0.1) is 5.82 Å². The van der Waals surface area contributed by atoms with E-state index in [1.54, 1.807) is 0 Å². The molecular weight excluding hydrogens is 307 g/mol. The number of carbonyl (C=O) groups excluding carboxylic acids is 1. The Kier molecular flexibility index (Phi) is 5.72. The molecule has 0 spiro atoms. The van der Waals surface area contributed by atoms with Crippen molar-refractivity contribution in [3.63, 3.8) is 0 Å². The first kappa shape index (κ1) is 17.2. The van der Waals surface area contributed by atoms with E-state index in [4.69, 9.17) is 0 Å². The first-order chi connectivity index (χ1) is 11.6. The quantitative estimate of drug-likeness (QED) is 0.867. The van der Waals surface area contributed by atoms with E-state index in [2.05, 4.69) is 10.2 Å². The van der Waals surface area contributed by atoms with Crippen LogP contribution < -0.4 is 5.32 Å². The fourth-order valence-corrected chi connectivity index (χ4v) is 4.19. The Bertz CT molecular complexity index is 572. The Morgan fingerprint density at radius 1 is 1.21 bits per heavy atom. The third-order valence-corrected chi connectivity index (χ3v) is 5.43. The zero-order valence-electron chi connectivity index (χ0n) is 14.1. The number of halogens is 1. The smallest absolute Gasteiger partial charge is 0.255 e. The third-order valence-electron chi connectivity index (χ3n) is 5.43. The number of carbonyl (C=O) groups is 1. The number of likely N-dealkylation sites (tertiary alicyclic amines) is 1. The molecule has 3 rings (SSSR count). The van der Waals surface area contributed by atoms with Gasteiger partial charge in [0.05, 0.1) is 5.56 Å². The van der Waals surface area contributed by atoms with Crippen molar-refractivity contribution in [3.05, 3.63) is 29.6 Å². The summed E-state index contributed by atoms with van der Waals surface area (Å²) >= 11 is 0. The Hall–Kier alpha value is -1.62. The van der Waals surface area contributed by atoms with Crippen LogP contribution in [0.25, 0.3) is 0 Å². The van der Waals surface area contributed by atoms with Gasteiger partial charge in [-0.3, -0.25) is 9.69 Å². The van der Waals surface area contributed by atoms with Crippen molar-refractivity contribution in [3.8, 4) is 5.75 Å². The average Bonchev–Trinajstić information content (AvgIpc) is 3.12. The molecule has 0 aromatic heterocycles. The number of hydrogen-bond donors (Lipinski definition) is 2. The van der Waals surface area contributed by atoms with Crippen molar-refractivity contribution in [2.75, 3.05) is 13.1 Å². The number of nitrogens with zero attached hydrogens (tertiary/aromatic N) is 1. The SMILES string of the molecule is O=C(NCCC1CCCCN1C1CCCC1)c1cc(F)ccc1O. The van der Waals surface area contributed by atoms with Gasteiger partial charge in [-0.15, -0.1) is 0 Å². The van der Waals surface area contributed by atoms with Crippen LogP contribution >= 0.6 is 0 Å². The molecule has 0 radical (unpaired) electrons. The maximum Gasteiger partial charge on any atom is 0.255 e. The van der Waals surface area contributed by atoms with E-state index in [-0.39, 0.29) is 11.3 Å². The summed E-state index contributed by atoms with van der Waals surface area (Å²) in [5, 5.41) is 12.5. The Morgan fingerprint density at radius 3 is 2.75 bits per heavy atom. The maximum atomic E-state index is 13.2. The van der Waals surface area contributed by atoms with E-state index in [9.17, 15) is 14.3 Å². The largest absolute Gasteiger partial charge is 0.507 e. The molecule has 1 atom stereocenters. The number of aromatic hydroxyl groups is 1. The van der Waals surface area contributed by atoms with E-state index in [0.29, 0.717) is 12.6 Å². The molecule has 2 aliphatic rings. The molecule has 132 valence electrons. The molecule has 1 aliphatic carbocycles. The molecule has 1 aromatic rings. The van der Waals surface area contributed by atoms with Gasteiger partial charge in [0.1, 0.15) is 11.6 Å². The molecule has 1 aromatic carbocycles. The highest BCUT2D eigenvalue weighted by Crippen LogP contribution is 2.30. The minimum atomic E-state index is -0.516. The second-order valence-electron chi connectivity index (χ2n) is 7.03. The summed E-state index contributed by atoms with van der Waals surface area (Å²) in [4.78, 5) is 14.8. The van der Waals surface area contributed by atoms with Crippen LogP contribution in [-0.4, -0.2) is 41.1 Å². The van der Waals surface area contributed by atoms with E-state index in [0.717, 1.165) is 24.6 Å². The van der Waals surface area contributed by atoms with Crippen molar-refractivity contribution >= 4 is 5.91 Å². The Morgan fingerprint density at radius 2 is 1.96 bits per heavy atom. The number of nitrogens with one attached hydrogen (secondary N) is 1. The molecule has 4 nitrogen and oxygen atoms in total. The summed E-state index contributed by atoms with van der Waals surface area (Å²) < 4.78 is 13.2. The first-order valence-corrected chi connectivity index (χ1v) is 9.17. The summed E-state index contributed by atoms with van der Waals surface area (Å²) in [6.45, 7) is 1.73. The molecule has 5 heteroatoms. The van der Waals surface area contributed by atoms with Gasteiger partial charge in [-0.1, -0.05) is 19.3 Å². The number of hydrogen-bond acceptors (Lipinski definition) is 3. The number of benzene rings is 1. The van der Waals surface area contributed by atoms with Crippen LogP contribution in [-0.2, 0) is 0 Å². The topological polar surface area (TPSA) is 52.6 Å². The van der Waals surface area contributed by atoms with Crippen molar-refractivity contribution in [1.82, 2.24) is 10.2 Å². The number of piperidine rings is 1. The summed E-state index contributed by atoms with van der Waals surface area (Å²) in [7, 11) is 0. The van der Waals surface area contributed by atoms with Crippen LogP contribution in [0.1, 0.15) is 61.7 Å². The van der Waals surface area contributed by atoms with E-state index in [1.807, 2.05) is 0 Å². The van der Waals surface area contributed by atoms with E-state index >= 15 is 0 Å². The van der Waals surface area contributed by atoms with Gasteiger partial charge >= 0.3 is 0 Å². The van der Waals surface area contributed by atoms with Crippen molar-refractivity contribution in [2.45, 2.75) is 63.5 Å². The van der Waals surface area contributed by atoms with Crippen LogP contribution in [0.4, 0.5) is 4.39 Å². The van der Waals surface area contributed by atoms with Gasteiger partial charge in [-0.25, -0.2) is 4.39 Å². The van der Waals surface area contributed by atoms with Crippen molar-refractivity contribution in [2.24, 2.45) is 0 Å². The van der Waals surface area contributed by atoms with Crippen LogP contribution in [0.3, 0.4) is 0 Å². The molecule has 2 N–H and O–H groups in total. The van der Waals surface area contributed by atoms with Crippen LogP contribution in [0.2, 0.25) is 0 Å². The number of amides is 1. The lowest BCUT2D eigenvalue weighted by Gasteiger charge is -2.40. The monoisotopic (exact) mass is 334 g/mol. The minimum Gasteiger partial charge on any atom is -0.507 e. The normalized spacial score (nSPS) is 22.6. The predicted molar refractivity (Wildman–Crippen MR) is 91.6 cm³/mol. The lowest BCUT2D eigenvalue weighted by Crippen LogP contribution is -2.46. The number of phenols is 1. The Labute approximate surface area is 143 Å². The van der Waals surface area contributed by atoms with Gasteiger partial charge in [0.2, 0.25) is 0 Å². The van der Waals surface area contributed by atoms with Gasteiger partial charge in [0.25, 0.3) is 5.91 Å². The van der Waals surface area contributed by atoms with Crippen LogP contribution in [0.5, 0.6) is 5.75 Å². The summed E-state index contributed by atoms with van der Waals surface area (Å²) in [5.74, 6) is -1.10. The van der Waals surface area contributed by atoms with E-state index in [1.165, 1.54) is 57.6 Å². The fourth-order valence-electron chi connectivity index (χ4n) is 4.19. The van der Waals surface area contributed by atoms with Gasteiger partial charge < -0.3 is 10.4 Å². The second kappa shape index (κ2) is 7.97. The molecule has 1 amide bonds. The lowest BCUT2D eigenvalue weighted by molar-refractivity contribution is 0.0858. The van der Waals surface area contributed by atoms with Gasteiger partial charge in [0.15, 0.2) is 0 Å². The van der Waals surface area contributed by atoms with Crippen molar-refractivity contribution in [1.29, 1.82) is 0 Å². The minimum absolute atomic E-state index is 0.00583. The van der Waals surface area contributed by atoms with Gasteiger partial charge in [0, 0.05) is 18.6 Å². The summed E-state index contributed by atoms with van der Waals surface area (Å²) in [6.07, 6.45) is 9.92. The molecule has 1 aliphatic heterocycles. The zero-order valence-corrected chi connectivity index (χ0v) is 14.1. The van der Waals surface area contributed by atoms with Crippen LogP contribution in [0.15, 0.2) is 18.2 Å². The standard InChI is InChI=1S/C19H27FN2O2/c20-14-8-9-18(23)17(13-14)19(24)21-11-10-16-7-3-4-12-22(16)15-5-1-2-6-15/h8-9,13,15-16,23H,1-7,10-12H2,(H,21,24). The molecule has 1 unspecified atom stereocenters. The molecule has 1 saturated carbocycles. The highest BCUT2D eigenvalue weighted by molar-refractivity contribution is 5.96. The second-order valence-corrected chi connectivity index (χ2v) is 7.03. The third kappa shape index (κ3) is 4.07.